The predicted octanol–water partition coefficient (Wildman–Crippen LogP) is 4.83. The third-order valence-corrected chi connectivity index (χ3v) is 6.44. The van der Waals surface area contributed by atoms with Gasteiger partial charge in [0.05, 0.1) is 24.1 Å². The number of benzene rings is 1. The Bertz CT molecular complexity index is 1550. The number of pyridine rings is 1. The number of aromatic nitrogens is 3. The largest absolute Gasteiger partial charge is 0.449 e. The van der Waals surface area contributed by atoms with Gasteiger partial charge in [0, 0.05) is 37.8 Å². The van der Waals surface area contributed by atoms with Crippen molar-refractivity contribution in [3.8, 4) is 0 Å². The van der Waals surface area contributed by atoms with Crippen LogP contribution in [0.5, 0.6) is 0 Å². The maximum Gasteiger partial charge on any atom is 0.449 e. The van der Waals surface area contributed by atoms with Gasteiger partial charge in [-0.1, -0.05) is 0 Å². The molecule has 3 amide bonds. The first-order valence-corrected chi connectivity index (χ1v) is 13.3. The summed E-state index contributed by atoms with van der Waals surface area (Å²) in [5.74, 6) is -6.83. The zero-order chi connectivity index (χ0) is 32.4. The van der Waals surface area contributed by atoms with Gasteiger partial charge in [-0.3, -0.25) is 14.6 Å². The number of rotatable bonds is 7. The molecule has 1 aliphatic rings. The number of carbonyl (C=O) groups is 3. The summed E-state index contributed by atoms with van der Waals surface area (Å²) in [4.78, 5) is 47.4. The molecular weight excluding hydrogens is 598 g/mol. The van der Waals surface area contributed by atoms with Crippen LogP contribution in [0.15, 0.2) is 36.7 Å². The number of ether oxygens (including phenoxy) is 1. The molecule has 0 saturated carbocycles. The van der Waals surface area contributed by atoms with Crippen LogP contribution >= 0.6 is 0 Å². The maximum absolute atomic E-state index is 14.4. The molecular formula is C28H28F6N6O4. The first kappa shape index (κ1) is 32.3. The molecule has 3 aromatic rings. The molecule has 16 heteroatoms. The quantitative estimate of drug-likeness (QED) is 0.287. The summed E-state index contributed by atoms with van der Waals surface area (Å²) in [5, 5.41) is 4.85. The number of halogens is 6. The third kappa shape index (κ3) is 7.85. The van der Waals surface area contributed by atoms with Crippen LogP contribution in [-0.4, -0.2) is 55.5 Å². The molecule has 0 bridgehead atoms. The molecule has 10 nitrogen and oxygen atoms in total. The summed E-state index contributed by atoms with van der Waals surface area (Å²) in [6.45, 7) is 3.72. The van der Waals surface area contributed by atoms with Crippen LogP contribution in [0.4, 0.5) is 36.8 Å². The monoisotopic (exact) mass is 626 g/mol. The molecule has 44 heavy (non-hydrogen) atoms. The molecule has 236 valence electrons. The van der Waals surface area contributed by atoms with E-state index in [9.17, 15) is 40.7 Å². The van der Waals surface area contributed by atoms with Crippen molar-refractivity contribution < 1.29 is 45.5 Å². The lowest BCUT2D eigenvalue weighted by Gasteiger charge is -2.31. The zero-order valence-electron chi connectivity index (χ0n) is 23.8. The molecule has 0 aliphatic carbocycles. The predicted molar refractivity (Wildman–Crippen MR) is 143 cm³/mol. The smallest absolute Gasteiger partial charge is 0.444 e. The van der Waals surface area contributed by atoms with Crippen molar-refractivity contribution in [3.63, 3.8) is 0 Å². The standard InChI is InChI=1S/C28H28F6N6O4/c1-27(2,3)44-26(43)37-17(9-15-10-19(30)20(31)12-18(15)29)11-22(41)39-7-8-40-21(14-39)23(38-25(40)28(32,33)34)24(42)36-16-5-4-6-35-13-16/h4-6,10,12-13,17H,7-9,11,14H2,1-3H3,(H,36,42)(H,37,43). The van der Waals surface area contributed by atoms with Crippen LogP contribution in [0, 0.1) is 17.5 Å². The number of nitrogens with one attached hydrogen (secondary N) is 2. The van der Waals surface area contributed by atoms with Crippen molar-refractivity contribution in [3.05, 3.63) is 76.9 Å². The number of alkyl halides is 3. The lowest BCUT2D eigenvalue weighted by atomic mass is 10.0. The minimum atomic E-state index is -4.90. The molecule has 0 radical (unpaired) electrons. The Morgan fingerprint density at radius 1 is 1.05 bits per heavy atom. The van der Waals surface area contributed by atoms with E-state index in [1.165, 1.54) is 24.5 Å². The van der Waals surface area contributed by atoms with Gasteiger partial charge in [0.1, 0.15) is 11.4 Å². The Morgan fingerprint density at radius 3 is 2.39 bits per heavy atom. The summed E-state index contributed by atoms with van der Waals surface area (Å²) in [7, 11) is 0. The van der Waals surface area contributed by atoms with E-state index in [-0.39, 0.29) is 30.0 Å². The summed E-state index contributed by atoms with van der Waals surface area (Å²) < 4.78 is 89.2. The van der Waals surface area contributed by atoms with Crippen molar-refractivity contribution in [1.82, 2.24) is 24.8 Å². The molecule has 1 atom stereocenters. The molecule has 1 aromatic carbocycles. The van der Waals surface area contributed by atoms with Crippen LogP contribution in [-0.2, 0) is 35.2 Å². The van der Waals surface area contributed by atoms with E-state index in [2.05, 4.69) is 20.6 Å². The van der Waals surface area contributed by atoms with E-state index in [0.29, 0.717) is 12.1 Å². The van der Waals surface area contributed by atoms with Crippen molar-refractivity contribution in [2.75, 3.05) is 11.9 Å². The lowest BCUT2D eigenvalue weighted by molar-refractivity contribution is -0.148. The van der Waals surface area contributed by atoms with Crippen LogP contribution in [0.25, 0.3) is 0 Å². The fraction of sp³-hybridized carbons (Fsp3) is 0.393. The van der Waals surface area contributed by atoms with Crippen molar-refractivity contribution in [1.29, 1.82) is 0 Å². The molecule has 2 N–H and O–H groups in total. The Labute approximate surface area is 247 Å². The Morgan fingerprint density at radius 2 is 1.75 bits per heavy atom. The van der Waals surface area contributed by atoms with Crippen LogP contribution < -0.4 is 10.6 Å². The van der Waals surface area contributed by atoms with E-state index >= 15 is 0 Å². The topological polar surface area (TPSA) is 118 Å². The van der Waals surface area contributed by atoms with Crippen molar-refractivity contribution >= 4 is 23.6 Å². The fourth-order valence-electron chi connectivity index (χ4n) is 4.58. The number of amides is 3. The third-order valence-electron chi connectivity index (χ3n) is 6.44. The van der Waals surface area contributed by atoms with Gasteiger partial charge in [0.25, 0.3) is 5.91 Å². The average molecular weight is 627 g/mol. The van der Waals surface area contributed by atoms with Crippen molar-refractivity contribution in [2.24, 2.45) is 0 Å². The highest BCUT2D eigenvalue weighted by molar-refractivity contribution is 6.03. The molecule has 2 aromatic heterocycles. The number of carbonyl (C=O) groups excluding carboxylic acids is 3. The lowest BCUT2D eigenvalue weighted by Crippen LogP contribution is -2.45. The second-order valence-electron chi connectivity index (χ2n) is 11.0. The number of nitrogens with zero attached hydrogens (tertiary/aromatic N) is 4. The molecule has 0 spiro atoms. The van der Waals surface area contributed by atoms with Gasteiger partial charge in [0.2, 0.25) is 11.7 Å². The average Bonchev–Trinajstić information content (AvgIpc) is 3.31. The number of imidazole rings is 1. The molecule has 3 heterocycles. The van der Waals surface area contributed by atoms with Gasteiger partial charge in [-0.25, -0.2) is 22.9 Å². The van der Waals surface area contributed by atoms with Crippen LogP contribution in [0.2, 0.25) is 0 Å². The molecule has 1 aliphatic heterocycles. The van der Waals surface area contributed by atoms with E-state index in [4.69, 9.17) is 4.74 Å². The second kappa shape index (κ2) is 12.5. The Hall–Kier alpha value is -4.63. The van der Waals surface area contributed by atoms with Gasteiger partial charge in [-0.15, -0.1) is 0 Å². The van der Waals surface area contributed by atoms with Gasteiger partial charge in [0.15, 0.2) is 17.3 Å². The highest BCUT2D eigenvalue weighted by Gasteiger charge is 2.42. The number of hydrogen-bond donors (Lipinski definition) is 2. The van der Waals surface area contributed by atoms with E-state index in [1.807, 2.05) is 0 Å². The fourth-order valence-corrected chi connectivity index (χ4v) is 4.58. The van der Waals surface area contributed by atoms with Crippen LogP contribution in [0.3, 0.4) is 0 Å². The summed E-state index contributed by atoms with van der Waals surface area (Å²) in [6, 6.07) is 2.72. The second-order valence-corrected chi connectivity index (χ2v) is 11.0. The Balaban J connectivity index is 1.58. The summed E-state index contributed by atoms with van der Waals surface area (Å²) in [6.07, 6.45) is -4.12. The number of anilines is 1. The van der Waals surface area contributed by atoms with Gasteiger partial charge >= 0.3 is 12.3 Å². The first-order valence-electron chi connectivity index (χ1n) is 13.3. The maximum atomic E-state index is 14.4. The summed E-state index contributed by atoms with van der Waals surface area (Å²) >= 11 is 0. The van der Waals surface area contributed by atoms with E-state index in [0.717, 1.165) is 9.47 Å². The zero-order valence-corrected chi connectivity index (χ0v) is 23.8. The highest BCUT2D eigenvalue weighted by atomic mass is 19.4. The van der Waals surface area contributed by atoms with Crippen LogP contribution in [0.1, 0.15) is 54.8 Å². The van der Waals surface area contributed by atoms with E-state index in [1.54, 1.807) is 20.8 Å². The highest BCUT2D eigenvalue weighted by Crippen LogP contribution is 2.33. The normalized spacial score (nSPS) is 14.1. The van der Waals surface area contributed by atoms with E-state index < -0.39 is 84.1 Å². The van der Waals surface area contributed by atoms with Gasteiger partial charge in [-0.2, -0.15) is 13.2 Å². The number of alkyl carbamates (subject to hydrolysis) is 1. The molecule has 0 fully saturated rings. The van der Waals surface area contributed by atoms with Gasteiger partial charge < -0.3 is 24.8 Å². The minimum absolute atomic E-state index is 0.179. The Kier molecular flexibility index (Phi) is 9.20. The number of fused-ring (bicyclic) bond motifs is 1. The SMILES string of the molecule is CC(C)(C)OC(=O)NC(CC(=O)N1CCn2c(C(F)(F)F)nc(C(=O)Nc3cccnc3)c2C1)Cc1cc(F)c(F)cc1F. The van der Waals surface area contributed by atoms with Gasteiger partial charge in [-0.05, 0) is 51.0 Å². The molecule has 4 rings (SSSR count). The summed E-state index contributed by atoms with van der Waals surface area (Å²) in [5.41, 5.74) is -1.80. The first-order chi connectivity index (χ1) is 20.5. The number of hydrogen-bond acceptors (Lipinski definition) is 6. The van der Waals surface area contributed by atoms with Crippen molar-refractivity contribution in [2.45, 2.75) is 64.5 Å². The minimum Gasteiger partial charge on any atom is -0.444 e. The molecule has 1 unspecified atom stereocenters. The molecule has 0 saturated heterocycles.